The summed E-state index contributed by atoms with van der Waals surface area (Å²) in [5.74, 6) is 2.03. The highest BCUT2D eigenvalue weighted by Crippen LogP contribution is 2.17. The number of rotatable bonds is 9. The number of carbonyl (C=O) groups excluding carboxylic acids is 1. The molecule has 1 aromatic carbocycles. The van der Waals surface area contributed by atoms with E-state index in [1.54, 1.807) is 7.11 Å². The third kappa shape index (κ3) is 7.39. The number of aliphatic imine (C=N–C) groups is 1. The lowest BCUT2D eigenvalue weighted by atomic mass is 10.1. The third-order valence-electron chi connectivity index (χ3n) is 4.25. The molecule has 146 valence electrons. The summed E-state index contributed by atoms with van der Waals surface area (Å²) in [6.07, 6.45) is 3.47. The van der Waals surface area contributed by atoms with Crippen molar-refractivity contribution in [3.05, 3.63) is 29.8 Å². The maximum atomic E-state index is 11.6. The molecule has 2 N–H and O–H groups in total. The van der Waals surface area contributed by atoms with Crippen LogP contribution in [0.15, 0.2) is 29.3 Å². The number of likely N-dealkylation sites (tertiary alicyclic amines) is 1. The summed E-state index contributed by atoms with van der Waals surface area (Å²) >= 11 is 0. The molecule has 0 atom stereocenters. The number of hydrogen-bond donors (Lipinski definition) is 2. The van der Waals surface area contributed by atoms with Crippen LogP contribution in [0.25, 0.3) is 0 Å². The van der Waals surface area contributed by atoms with Crippen LogP contribution >= 0.6 is 24.0 Å². The Morgan fingerprint density at radius 1 is 1.31 bits per heavy atom. The summed E-state index contributed by atoms with van der Waals surface area (Å²) < 4.78 is 5.38. The van der Waals surface area contributed by atoms with E-state index >= 15 is 0 Å². The van der Waals surface area contributed by atoms with Gasteiger partial charge in [-0.2, -0.15) is 0 Å². The number of benzene rings is 1. The fourth-order valence-electron chi connectivity index (χ4n) is 2.96. The number of amides is 1. The van der Waals surface area contributed by atoms with E-state index in [0.717, 1.165) is 57.2 Å². The van der Waals surface area contributed by atoms with Gasteiger partial charge in [0.1, 0.15) is 5.75 Å². The molecule has 26 heavy (non-hydrogen) atoms. The third-order valence-corrected chi connectivity index (χ3v) is 4.25. The van der Waals surface area contributed by atoms with Gasteiger partial charge >= 0.3 is 0 Å². The molecule has 6 nitrogen and oxygen atoms in total. The molecule has 0 spiro atoms. The van der Waals surface area contributed by atoms with E-state index in [9.17, 15) is 4.79 Å². The molecule has 1 saturated heterocycles. The fraction of sp³-hybridized carbons (Fsp3) is 0.579. The van der Waals surface area contributed by atoms with Gasteiger partial charge in [-0.1, -0.05) is 18.2 Å². The minimum absolute atomic E-state index is 0. The van der Waals surface area contributed by atoms with Crippen molar-refractivity contribution in [2.24, 2.45) is 4.99 Å². The highest BCUT2D eigenvalue weighted by molar-refractivity contribution is 14.0. The maximum absolute atomic E-state index is 11.6. The quantitative estimate of drug-likeness (QED) is 0.250. The van der Waals surface area contributed by atoms with Gasteiger partial charge in [0, 0.05) is 39.1 Å². The predicted octanol–water partition coefficient (Wildman–Crippen LogP) is 2.42. The Kier molecular flexibility index (Phi) is 11.1. The average molecular weight is 474 g/mol. The molecule has 1 aliphatic rings. The molecule has 0 aliphatic carbocycles. The Labute approximate surface area is 173 Å². The lowest BCUT2D eigenvalue weighted by Gasteiger charge is -2.15. The van der Waals surface area contributed by atoms with E-state index in [2.05, 4.69) is 28.6 Å². The van der Waals surface area contributed by atoms with Crippen LogP contribution in [0.1, 0.15) is 31.7 Å². The van der Waals surface area contributed by atoms with E-state index in [1.807, 2.05) is 23.1 Å². The highest BCUT2D eigenvalue weighted by Gasteiger charge is 2.18. The number of para-hydroxylation sites is 1. The smallest absolute Gasteiger partial charge is 0.222 e. The first-order chi connectivity index (χ1) is 12.2. The summed E-state index contributed by atoms with van der Waals surface area (Å²) in [5, 5.41) is 6.62. The highest BCUT2D eigenvalue weighted by atomic mass is 127. The monoisotopic (exact) mass is 474 g/mol. The molecule has 1 heterocycles. The van der Waals surface area contributed by atoms with Gasteiger partial charge in [-0.15, -0.1) is 24.0 Å². The van der Waals surface area contributed by atoms with Crippen molar-refractivity contribution >= 4 is 35.8 Å². The van der Waals surface area contributed by atoms with E-state index < -0.39 is 0 Å². The molecule has 2 rings (SSSR count). The van der Waals surface area contributed by atoms with Crippen LogP contribution < -0.4 is 15.4 Å². The molecule has 0 aromatic heterocycles. The second-order valence-corrected chi connectivity index (χ2v) is 6.09. The second-order valence-electron chi connectivity index (χ2n) is 6.09. The predicted molar refractivity (Wildman–Crippen MR) is 117 cm³/mol. The van der Waals surface area contributed by atoms with Crippen molar-refractivity contribution in [2.75, 3.05) is 39.8 Å². The molecule has 1 aromatic rings. The minimum atomic E-state index is 0. The molecule has 0 unspecified atom stereocenters. The first-order valence-electron chi connectivity index (χ1n) is 9.16. The van der Waals surface area contributed by atoms with E-state index in [4.69, 9.17) is 4.74 Å². The van der Waals surface area contributed by atoms with Crippen molar-refractivity contribution in [3.8, 4) is 5.75 Å². The Balaban J connectivity index is 0.00000338. The maximum Gasteiger partial charge on any atom is 0.222 e. The molecule has 1 aliphatic heterocycles. The first kappa shape index (κ1) is 22.5. The Hall–Kier alpha value is -1.51. The zero-order valence-electron chi connectivity index (χ0n) is 15.8. The van der Waals surface area contributed by atoms with Crippen LogP contribution in [0.5, 0.6) is 5.75 Å². The summed E-state index contributed by atoms with van der Waals surface area (Å²) in [6, 6.07) is 8.06. The van der Waals surface area contributed by atoms with Crippen LogP contribution in [0.4, 0.5) is 0 Å². The van der Waals surface area contributed by atoms with Gasteiger partial charge < -0.3 is 20.3 Å². The zero-order valence-corrected chi connectivity index (χ0v) is 18.1. The number of nitrogens with zero attached hydrogens (tertiary/aromatic N) is 2. The molecule has 0 saturated carbocycles. The number of guanidine groups is 1. The van der Waals surface area contributed by atoms with Gasteiger partial charge in [0.2, 0.25) is 5.91 Å². The van der Waals surface area contributed by atoms with Crippen LogP contribution in [-0.4, -0.2) is 56.6 Å². The summed E-state index contributed by atoms with van der Waals surface area (Å²) in [6.45, 7) is 6.10. The van der Waals surface area contributed by atoms with Crippen molar-refractivity contribution in [1.82, 2.24) is 15.5 Å². The summed E-state index contributed by atoms with van der Waals surface area (Å²) in [4.78, 5) is 18.1. The van der Waals surface area contributed by atoms with Gasteiger partial charge in [-0.05, 0) is 37.8 Å². The standard InChI is InChI=1S/C19H30N4O2.HI/c1-3-20-19(21-12-7-15-23-14-6-10-18(23)24)22-13-11-16-8-4-5-9-17(16)25-2;/h4-5,8-9H,3,6-7,10-15H2,1-2H3,(H2,20,21,22);1H. The van der Waals surface area contributed by atoms with Crippen molar-refractivity contribution in [2.45, 2.75) is 32.6 Å². The fourth-order valence-corrected chi connectivity index (χ4v) is 2.96. The van der Waals surface area contributed by atoms with Gasteiger partial charge in [-0.25, -0.2) is 0 Å². The Morgan fingerprint density at radius 2 is 2.12 bits per heavy atom. The topological polar surface area (TPSA) is 66.0 Å². The van der Waals surface area contributed by atoms with E-state index in [0.29, 0.717) is 13.0 Å². The number of methoxy groups -OCH3 is 1. The molecule has 0 radical (unpaired) electrons. The molecule has 1 amide bonds. The van der Waals surface area contributed by atoms with Gasteiger partial charge in [-0.3, -0.25) is 9.79 Å². The van der Waals surface area contributed by atoms with E-state index in [-0.39, 0.29) is 29.9 Å². The number of carbonyl (C=O) groups is 1. The molecule has 1 fully saturated rings. The van der Waals surface area contributed by atoms with Crippen molar-refractivity contribution < 1.29 is 9.53 Å². The first-order valence-corrected chi connectivity index (χ1v) is 9.16. The van der Waals surface area contributed by atoms with Gasteiger partial charge in [0.15, 0.2) is 5.96 Å². The van der Waals surface area contributed by atoms with E-state index in [1.165, 1.54) is 5.56 Å². The largest absolute Gasteiger partial charge is 0.496 e. The normalized spacial score (nSPS) is 14.2. The summed E-state index contributed by atoms with van der Waals surface area (Å²) in [7, 11) is 1.70. The van der Waals surface area contributed by atoms with Crippen molar-refractivity contribution in [3.63, 3.8) is 0 Å². The molecular weight excluding hydrogens is 443 g/mol. The average Bonchev–Trinajstić information content (AvgIpc) is 3.04. The Bertz CT molecular complexity index is 580. The van der Waals surface area contributed by atoms with Gasteiger partial charge in [0.25, 0.3) is 0 Å². The van der Waals surface area contributed by atoms with Gasteiger partial charge in [0.05, 0.1) is 7.11 Å². The SMILES string of the molecule is CCNC(=NCCCN1CCCC1=O)NCCc1ccccc1OC.I. The van der Waals surface area contributed by atoms with Crippen LogP contribution in [-0.2, 0) is 11.2 Å². The zero-order chi connectivity index (χ0) is 17.9. The van der Waals surface area contributed by atoms with Crippen molar-refractivity contribution in [1.29, 1.82) is 0 Å². The number of nitrogens with one attached hydrogen (secondary N) is 2. The molecular formula is C19H31IN4O2. The molecule has 7 heteroatoms. The number of halogens is 1. The minimum Gasteiger partial charge on any atom is -0.496 e. The number of ether oxygens (including phenoxy) is 1. The van der Waals surface area contributed by atoms with Crippen LogP contribution in [0.2, 0.25) is 0 Å². The van der Waals surface area contributed by atoms with Crippen LogP contribution in [0, 0.1) is 0 Å². The van der Waals surface area contributed by atoms with Crippen LogP contribution in [0.3, 0.4) is 0 Å². The number of hydrogen-bond acceptors (Lipinski definition) is 3. The lowest BCUT2D eigenvalue weighted by Crippen LogP contribution is -2.38. The summed E-state index contributed by atoms with van der Waals surface area (Å²) in [5.41, 5.74) is 1.18. The second kappa shape index (κ2) is 12.8. The molecule has 0 bridgehead atoms. The Morgan fingerprint density at radius 3 is 2.81 bits per heavy atom. The lowest BCUT2D eigenvalue weighted by molar-refractivity contribution is -0.127.